The molecule has 0 bridgehead atoms. The van der Waals surface area contributed by atoms with E-state index < -0.39 is 35.8 Å². The van der Waals surface area contributed by atoms with Crippen molar-refractivity contribution in [1.82, 2.24) is 0 Å². The Kier molecular flexibility index (Phi) is 33.4. The molecule has 0 aromatic carbocycles. The minimum absolute atomic E-state index is 0. The molecule has 0 aromatic rings. The molecule has 0 spiro atoms. The molecule has 0 saturated carbocycles. The molecule has 0 heterocycles. The predicted molar refractivity (Wildman–Crippen MR) is 41.9 cm³/mol. The van der Waals surface area contributed by atoms with Gasteiger partial charge in [-0.3, -0.25) is 0 Å². The van der Waals surface area contributed by atoms with Crippen molar-refractivity contribution in [3.05, 3.63) is 0 Å². The summed E-state index contributed by atoms with van der Waals surface area (Å²) in [4.78, 5) is 61.1. The second kappa shape index (κ2) is 19.1. The zero-order valence-corrected chi connectivity index (χ0v) is 23.7. The van der Waals surface area contributed by atoms with E-state index in [9.17, 15) is 28.8 Å². The van der Waals surface area contributed by atoms with Gasteiger partial charge in [-0.2, -0.15) is 0 Å². The maximum Gasteiger partial charge on any atom is 1.00 e. The van der Waals surface area contributed by atoms with Crippen LogP contribution >= 0.6 is 0 Å². The van der Waals surface area contributed by atoms with Crippen LogP contribution in [-0.4, -0.2) is 46.0 Å². The first-order valence-electron chi connectivity index (χ1n) is 3.24. The van der Waals surface area contributed by atoms with E-state index in [1.807, 2.05) is 0 Å². The summed E-state index contributed by atoms with van der Waals surface area (Å²) in [6, 6.07) is 0. The van der Waals surface area contributed by atoms with Gasteiger partial charge in [0.25, 0.3) is 0 Å². The largest absolute Gasteiger partial charge is 1.00 e. The topological polar surface area (TPSA) is 161 Å². The number of esters is 4. The van der Waals surface area contributed by atoms with Gasteiger partial charge in [-0.05, 0) is 0 Å². The van der Waals surface area contributed by atoms with Crippen LogP contribution in [0.5, 0.6) is 0 Å². The van der Waals surface area contributed by atoms with E-state index in [2.05, 4.69) is 9.47 Å². The zero-order chi connectivity index (χ0) is 12.9. The number of carboxylic acid groups (broad SMARTS) is 2. The fourth-order valence-electron chi connectivity index (χ4n) is 0.339. The maximum atomic E-state index is 10.5. The number of carboxylic acids is 2. The number of hydrogen-bond donors (Lipinski definition) is 2. The Bertz CT molecular complexity index is 382. The fraction of sp³-hybridized carbons (Fsp3) is 0. The van der Waals surface area contributed by atoms with Gasteiger partial charge in [-0.25, -0.2) is 28.8 Å². The summed E-state index contributed by atoms with van der Waals surface area (Å²) in [7, 11) is 0. The summed E-state index contributed by atoms with van der Waals surface area (Å²) in [5.41, 5.74) is 0. The summed E-state index contributed by atoms with van der Waals surface area (Å²) in [6.07, 6.45) is 0. The van der Waals surface area contributed by atoms with Crippen molar-refractivity contribution in [1.29, 1.82) is 0 Å². The second-order valence-corrected chi connectivity index (χ2v) is 1.96. The van der Waals surface area contributed by atoms with Gasteiger partial charge in [-0.15, -0.1) is 0 Å². The van der Waals surface area contributed by atoms with Crippen LogP contribution < -0.4 is 206 Å². The molecular weight excluding hydrogens is 388 g/mol. The van der Waals surface area contributed by atoms with Crippen molar-refractivity contribution in [3.8, 4) is 0 Å². The van der Waals surface area contributed by atoms with Gasteiger partial charge in [0.15, 0.2) is 0 Å². The van der Waals surface area contributed by atoms with Gasteiger partial charge in [0, 0.05) is 0 Å². The average molecular weight is 394 g/mol. The van der Waals surface area contributed by atoms with Crippen molar-refractivity contribution < 1.29 is 260 Å². The van der Waals surface area contributed by atoms with E-state index in [4.69, 9.17) is 10.2 Å². The summed E-state index contributed by atoms with van der Waals surface area (Å²) < 4.78 is 6.71. The smallest absolute Gasteiger partial charge is 1.00 e. The molecule has 0 aliphatic carbocycles. The Labute approximate surface area is 287 Å². The minimum Gasteiger partial charge on any atom is -1.00 e. The molecule has 0 aliphatic rings. The molecule has 0 atom stereocenters. The van der Waals surface area contributed by atoms with Crippen LogP contribution in [0.4, 0.5) is 0 Å². The molecule has 0 amide bonds. The summed E-state index contributed by atoms with van der Waals surface area (Å²) in [5, 5.41) is 15.9. The van der Waals surface area contributed by atoms with Gasteiger partial charge in [0.2, 0.25) is 0 Å². The molecule has 94 valence electrons. The predicted octanol–water partition coefficient (Wildman–Crippen LogP) is -14.2. The molecule has 20 heavy (non-hydrogen) atoms. The molecule has 0 aromatic heterocycles. The molecule has 0 aliphatic heterocycles. The average Bonchev–Trinajstić information content (AvgIpc) is 2.16. The van der Waals surface area contributed by atoms with Crippen LogP contribution in [0.3, 0.4) is 0 Å². The van der Waals surface area contributed by atoms with E-state index >= 15 is 0 Å². The van der Waals surface area contributed by atoms with Crippen molar-refractivity contribution in [2.45, 2.75) is 0 Å². The summed E-state index contributed by atoms with van der Waals surface area (Å²) >= 11 is 0. The van der Waals surface area contributed by atoms with Crippen LogP contribution in [-0.2, 0) is 38.2 Å². The Morgan fingerprint density at radius 3 is 0.900 bits per heavy atom. The number of rotatable bonds is 0. The minimum atomic E-state index is -2.16. The Morgan fingerprint density at radius 2 is 0.750 bits per heavy atom. The molecule has 2 N–H and O–H groups in total. The van der Waals surface area contributed by atoms with Gasteiger partial charge < -0.3 is 25.4 Å². The number of aliphatic carboxylic acids is 2. The fourth-order valence-corrected chi connectivity index (χ4v) is 0.339. The van der Waals surface area contributed by atoms with E-state index in [-0.39, 0.29) is 211 Å². The van der Waals surface area contributed by atoms with E-state index in [1.54, 1.807) is 0 Å². The van der Waals surface area contributed by atoms with Gasteiger partial charge in [-0.1, -0.05) is 0 Å². The van der Waals surface area contributed by atoms with Crippen molar-refractivity contribution in [3.63, 3.8) is 0 Å². The van der Waals surface area contributed by atoms with Crippen LogP contribution in [0.25, 0.3) is 0 Å². The molecule has 0 unspecified atom stereocenters. The summed E-state index contributed by atoms with van der Waals surface area (Å²) in [6.45, 7) is 0. The molecule has 0 saturated heterocycles. The number of hydrogen-bond acceptors (Lipinski definition) is 8. The first kappa shape index (κ1) is 35.0. The second-order valence-electron chi connectivity index (χ2n) is 1.96. The first-order valence-corrected chi connectivity index (χ1v) is 3.24. The zero-order valence-electron chi connectivity index (χ0n) is 15.2. The van der Waals surface area contributed by atoms with E-state index in [0.717, 1.165) is 0 Å². The number of carbonyl (C=O) groups excluding carboxylic acids is 4. The van der Waals surface area contributed by atoms with Crippen molar-refractivity contribution in [2.75, 3.05) is 0 Å². The Balaban J connectivity index is -0.0000000402. The van der Waals surface area contributed by atoms with Crippen LogP contribution in [0.2, 0.25) is 0 Å². The third-order valence-corrected chi connectivity index (χ3v) is 0.887. The number of carbonyl (C=O) groups is 6. The molecule has 0 radical (unpaired) electrons. The maximum absolute atomic E-state index is 10.5. The van der Waals surface area contributed by atoms with E-state index in [1.165, 1.54) is 0 Å². The SMILES string of the molecule is O=C(O)C(=O)OC(=O)C(=O)OC(=O)C(=O)O.[H-].[H-].[H-].[H-].[K+].[K+].[K+].[K+]. The third kappa shape index (κ3) is 16.6. The van der Waals surface area contributed by atoms with Crippen LogP contribution in [0, 0.1) is 0 Å². The third-order valence-electron chi connectivity index (χ3n) is 0.887. The van der Waals surface area contributed by atoms with Crippen LogP contribution in [0.1, 0.15) is 5.71 Å². The van der Waals surface area contributed by atoms with Crippen molar-refractivity contribution >= 4 is 35.8 Å². The monoisotopic (exact) mass is 394 g/mol. The van der Waals surface area contributed by atoms with E-state index in [0.29, 0.717) is 0 Å². The molecule has 10 nitrogen and oxygen atoms in total. The summed E-state index contributed by atoms with van der Waals surface area (Å²) in [5.74, 6) is -12.7. The number of ether oxygens (including phenoxy) is 2. The first-order chi connectivity index (χ1) is 7.25. The molecular formula is C6H6K4O10. The Hall–Kier alpha value is 3.77. The Morgan fingerprint density at radius 1 is 0.550 bits per heavy atom. The molecule has 0 fully saturated rings. The van der Waals surface area contributed by atoms with Gasteiger partial charge in [0.05, 0.1) is 0 Å². The molecule has 14 heteroatoms. The van der Waals surface area contributed by atoms with Crippen LogP contribution in [0.15, 0.2) is 0 Å². The van der Waals surface area contributed by atoms with Gasteiger partial charge in [0.1, 0.15) is 0 Å². The molecule has 0 rings (SSSR count). The standard InChI is InChI=1S/C6H2O10.4K.4H/c7-1(8)3(11)15-5(13)6(14)16-4(12)2(9)10;;;;;;;;/h(H,7,8)(H,9,10);;;;;;;;/q;4*+1;4*-1. The quantitative estimate of drug-likeness (QED) is 0.175. The normalized spacial score (nSPS) is 7.00. The van der Waals surface area contributed by atoms with Gasteiger partial charge >= 0.3 is 241 Å². The van der Waals surface area contributed by atoms with Crippen molar-refractivity contribution in [2.24, 2.45) is 0 Å².